The van der Waals surface area contributed by atoms with E-state index < -0.39 is 19.1 Å². The Bertz CT molecular complexity index is 376. The first kappa shape index (κ1) is 12.1. The molecule has 0 radical (unpaired) electrons. The molecule has 0 atom stereocenters. The molecule has 3 heteroatoms. The quantitative estimate of drug-likeness (QED) is 0.775. The van der Waals surface area contributed by atoms with E-state index in [-0.39, 0.29) is 0 Å². The fourth-order valence-electron chi connectivity index (χ4n) is 1.95. The third kappa shape index (κ3) is 2.34. The maximum atomic E-state index is 5.69. The van der Waals surface area contributed by atoms with E-state index in [4.69, 9.17) is 9.47 Å². The third-order valence-corrected chi connectivity index (χ3v) is 7.38. The number of hydrogen-bond acceptors (Lipinski definition) is 2. The van der Waals surface area contributed by atoms with Crippen molar-refractivity contribution >= 4 is 17.7 Å². The third-order valence-electron chi connectivity index (χ3n) is 3.09. The molecule has 0 saturated carbocycles. The van der Waals surface area contributed by atoms with E-state index in [0.717, 1.165) is 5.56 Å². The van der Waals surface area contributed by atoms with Gasteiger partial charge in [-0.3, -0.25) is 0 Å². The predicted molar refractivity (Wildman–Crippen MR) is 68.7 cm³/mol. The first-order valence-electron chi connectivity index (χ1n) is 5.81. The monoisotopic (exact) mass is 282 g/mol. The number of rotatable bonds is 2. The van der Waals surface area contributed by atoms with Gasteiger partial charge < -0.3 is 0 Å². The normalized spacial score (nSPS) is 20.0. The van der Waals surface area contributed by atoms with Crippen LogP contribution in [0.25, 0.3) is 0 Å². The Morgan fingerprint density at radius 3 is 2.31 bits per heavy atom. The van der Waals surface area contributed by atoms with Gasteiger partial charge in [-0.25, -0.2) is 0 Å². The minimum atomic E-state index is -1.76. The first-order valence-corrected chi connectivity index (χ1v) is 13.2. The van der Waals surface area contributed by atoms with Gasteiger partial charge in [0.25, 0.3) is 0 Å². The van der Waals surface area contributed by atoms with Crippen molar-refractivity contribution in [3.63, 3.8) is 0 Å². The van der Waals surface area contributed by atoms with E-state index in [9.17, 15) is 0 Å². The molecule has 0 amide bonds. The molecule has 88 valence electrons. The zero-order valence-electron chi connectivity index (χ0n) is 10.5. The van der Waals surface area contributed by atoms with Crippen LogP contribution in [0.2, 0.25) is 17.3 Å². The van der Waals surface area contributed by atoms with Gasteiger partial charge in [0.15, 0.2) is 0 Å². The zero-order valence-corrected chi connectivity index (χ0v) is 12.6. The molecule has 16 heavy (non-hydrogen) atoms. The Kier molecular flexibility index (Phi) is 3.16. The number of ether oxygens (including phenoxy) is 2. The summed E-state index contributed by atoms with van der Waals surface area (Å²) in [6.07, 6.45) is 0. The van der Waals surface area contributed by atoms with Crippen molar-refractivity contribution in [2.75, 3.05) is 13.2 Å². The molecule has 1 heterocycles. The molecule has 2 nitrogen and oxygen atoms in total. The summed E-state index contributed by atoms with van der Waals surface area (Å²) in [5.74, 6) is 6.68. The van der Waals surface area contributed by atoms with Crippen LogP contribution in [0.4, 0.5) is 0 Å². The second kappa shape index (κ2) is 4.17. The summed E-state index contributed by atoms with van der Waals surface area (Å²) >= 11 is -1.76. The molecule has 1 aliphatic rings. The molecule has 1 aliphatic heterocycles. The Morgan fingerprint density at radius 1 is 1.12 bits per heavy atom. The maximum absolute atomic E-state index is 5.69. The van der Waals surface area contributed by atoms with Gasteiger partial charge in [-0.15, -0.1) is 0 Å². The van der Waals surface area contributed by atoms with Crippen molar-refractivity contribution in [1.29, 1.82) is 0 Å². The zero-order chi connectivity index (χ0) is 11.8. The summed E-state index contributed by atoms with van der Waals surface area (Å²) in [7, 11) is 0. The molecule has 0 aliphatic carbocycles. The minimum absolute atomic E-state index is 0.524. The van der Waals surface area contributed by atoms with Crippen LogP contribution in [-0.4, -0.2) is 26.5 Å². The van der Waals surface area contributed by atoms with Crippen LogP contribution in [0.3, 0.4) is 0 Å². The number of hydrogen-bond donors (Lipinski definition) is 0. The van der Waals surface area contributed by atoms with E-state index in [1.54, 1.807) is 0 Å². The van der Waals surface area contributed by atoms with Gasteiger partial charge in [0.05, 0.1) is 0 Å². The Morgan fingerprint density at radius 2 is 1.75 bits per heavy atom. The van der Waals surface area contributed by atoms with E-state index in [1.165, 1.54) is 4.40 Å². The van der Waals surface area contributed by atoms with Crippen molar-refractivity contribution < 1.29 is 9.47 Å². The predicted octanol–water partition coefficient (Wildman–Crippen LogP) is 2.45. The Hall–Kier alpha value is -0.317. The van der Waals surface area contributed by atoms with Gasteiger partial charge in [0.2, 0.25) is 0 Å². The fourth-order valence-corrected chi connectivity index (χ4v) is 4.44. The standard InChI is InChI=1S/C13H20GeO2/c1-13(15-8-9-16-13)11-6-5-7-12(10-11)14(2,3)4/h5-7,10H,8-9H2,1-4H3. The van der Waals surface area contributed by atoms with Crippen LogP contribution < -0.4 is 4.40 Å². The van der Waals surface area contributed by atoms with Crippen LogP contribution in [0.1, 0.15) is 12.5 Å². The topological polar surface area (TPSA) is 18.5 Å². The van der Waals surface area contributed by atoms with Gasteiger partial charge >= 0.3 is 100 Å². The molecule has 0 bridgehead atoms. The molecule has 1 fully saturated rings. The summed E-state index contributed by atoms with van der Waals surface area (Å²) in [6.45, 7) is 3.39. The van der Waals surface area contributed by atoms with Gasteiger partial charge in [-0.2, -0.15) is 0 Å². The molecule has 0 N–H and O–H groups in total. The second-order valence-electron chi connectivity index (χ2n) is 5.47. The van der Waals surface area contributed by atoms with Crippen molar-refractivity contribution in [1.82, 2.24) is 0 Å². The van der Waals surface area contributed by atoms with Gasteiger partial charge in [-0.05, 0) is 0 Å². The van der Waals surface area contributed by atoms with Crippen molar-refractivity contribution in [3.05, 3.63) is 29.8 Å². The van der Waals surface area contributed by atoms with Crippen LogP contribution >= 0.6 is 0 Å². The summed E-state index contributed by atoms with van der Waals surface area (Å²) in [5.41, 5.74) is 1.16. The van der Waals surface area contributed by atoms with E-state index >= 15 is 0 Å². The molecule has 2 rings (SSSR count). The Balaban J connectivity index is 2.36. The van der Waals surface area contributed by atoms with E-state index in [1.807, 2.05) is 6.92 Å². The van der Waals surface area contributed by atoms with Crippen molar-refractivity contribution in [3.8, 4) is 0 Å². The van der Waals surface area contributed by atoms with Crippen LogP contribution in [-0.2, 0) is 15.3 Å². The molecular weight excluding hydrogens is 261 g/mol. The summed E-state index contributed by atoms with van der Waals surface area (Å²) in [5, 5.41) is 0. The van der Waals surface area contributed by atoms with Crippen molar-refractivity contribution in [2.24, 2.45) is 0 Å². The summed E-state index contributed by atoms with van der Waals surface area (Å²) in [4.78, 5) is 0. The second-order valence-corrected chi connectivity index (χ2v) is 16.1. The van der Waals surface area contributed by atoms with Gasteiger partial charge in [-0.1, -0.05) is 0 Å². The molecule has 0 unspecified atom stereocenters. The first-order chi connectivity index (χ1) is 7.42. The van der Waals surface area contributed by atoms with E-state index in [2.05, 4.69) is 41.5 Å². The SMILES string of the molecule is CC1(c2ccc[c]([Ge]([CH3])([CH3])[CH3])c2)OCCO1. The summed E-state index contributed by atoms with van der Waals surface area (Å²) in [6, 6.07) is 8.73. The van der Waals surface area contributed by atoms with Crippen LogP contribution in [0, 0.1) is 0 Å². The molecule has 0 aromatic heterocycles. The van der Waals surface area contributed by atoms with Crippen LogP contribution in [0.5, 0.6) is 0 Å². The average Bonchev–Trinajstić information content (AvgIpc) is 2.66. The summed E-state index contributed by atoms with van der Waals surface area (Å²) < 4.78 is 12.9. The molecular formula is C13H20GeO2. The Labute approximate surface area is 100 Å². The number of benzene rings is 1. The fraction of sp³-hybridized carbons (Fsp3) is 0.538. The molecule has 1 aromatic carbocycles. The molecule has 0 spiro atoms. The molecule has 1 aromatic rings. The molecule has 1 saturated heterocycles. The van der Waals surface area contributed by atoms with Gasteiger partial charge in [0.1, 0.15) is 0 Å². The average molecular weight is 281 g/mol. The van der Waals surface area contributed by atoms with Crippen molar-refractivity contribution in [2.45, 2.75) is 30.0 Å². The van der Waals surface area contributed by atoms with Gasteiger partial charge in [0, 0.05) is 0 Å². The van der Waals surface area contributed by atoms with Crippen LogP contribution in [0.15, 0.2) is 24.3 Å². The van der Waals surface area contributed by atoms with E-state index in [0.29, 0.717) is 13.2 Å².